The number of anilines is 1. The fraction of sp³-hybridized carbons (Fsp3) is 0.316. The number of nitrogens with zero attached hydrogens (tertiary/aromatic N) is 1. The molecule has 0 aliphatic heterocycles. The van der Waals surface area contributed by atoms with E-state index in [1.807, 2.05) is 13.8 Å². The molecule has 0 aliphatic carbocycles. The molecule has 0 aromatic heterocycles. The van der Waals surface area contributed by atoms with Crippen molar-refractivity contribution in [3.05, 3.63) is 59.9 Å². The molecule has 0 heterocycles. The van der Waals surface area contributed by atoms with E-state index in [2.05, 4.69) is 4.72 Å². The van der Waals surface area contributed by atoms with Crippen LogP contribution >= 0.6 is 12.4 Å². The summed E-state index contributed by atoms with van der Waals surface area (Å²) in [7, 11) is -2.13. The van der Waals surface area contributed by atoms with Crippen molar-refractivity contribution in [1.29, 1.82) is 0 Å². The van der Waals surface area contributed by atoms with E-state index in [1.165, 1.54) is 24.3 Å². The summed E-state index contributed by atoms with van der Waals surface area (Å²) in [5.41, 5.74) is 6.25. The highest BCUT2D eigenvalue weighted by Gasteiger charge is 2.22. The fourth-order valence-electron chi connectivity index (χ4n) is 2.51. The van der Waals surface area contributed by atoms with Crippen molar-refractivity contribution in [1.82, 2.24) is 4.90 Å². The number of nitrogens with one attached hydrogen (secondary N) is 1. The van der Waals surface area contributed by atoms with Crippen molar-refractivity contribution >= 4 is 34.0 Å². The van der Waals surface area contributed by atoms with Crippen molar-refractivity contribution in [2.24, 2.45) is 11.1 Å². The van der Waals surface area contributed by atoms with Crippen molar-refractivity contribution in [3.8, 4) is 0 Å². The maximum atomic E-state index is 13.0. The lowest BCUT2D eigenvalue weighted by Crippen LogP contribution is -2.39. The van der Waals surface area contributed by atoms with Crippen LogP contribution in [0.4, 0.5) is 10.1 Å². The molecular formula is C19H25ClFN3O3S. The third kappa shape index (κ3) is 6.19. The van der Waals surface area contributed by atoms with Gasteiger partial charge in [0, 0.05) is 24.8 Å². The SMILES string of the molecule is CN(CC(C)(C)CN)C(=O)c1ccc(NS(=O)(=O)c2ccc(F)cc2)cc1.Cl. The average Bonchev–Trinajstić information content (AvgIpc) is 2.61. The zero-order valence-corrected chi connectivity index (χ0v) is 17.6. The third-order valence-corrected chi connectivity index (χ3v) is 5.47. The number of sulfonamides is 1. The zero-order chi connectivity index (χ0) is 20.2. The van der Waals surface area contributed by atoms with Crippen LogP contribution in [0.5, 0.6) is 0 Å². The second kappa shape index (κ2) is 9.36. The van der Waals surface area contributed by atoms with Gasteiger partial charge in [-0.3, -0.25) is 9.52 Å². The molecule has 0 spiro atoms. The summed E-state index contributed by atoms with van der Waals surface area (Å²) in [4.78, 5) is 14.0. The van der Waals surface area contributed by atoms with E-state index < -0.39 is 15.8 Å². The van der Waals surface area contributed by atoms with Crippen molar-refractivity contribution in [3.63, 3.8) is 0 Å². The molecule has 2 aromatic carbocycles. The first-order valence-corrected chi connectivity index (χ1v) is 9.86. The molecule has 0 fully saturated rings. The minimum atomic E-state index is -3.83. The smallest absolute Gasteiger partial charge is 0.261 e. The molecule has 154 valence electrons. The van der Waals surface area contributed by atoms with Crippen molar-refractivity contribution in [2.75, 3.05) is 24.9 Å². The standard InChI is InChI=1S/C19H24FN3O3S.ClH/c1-19(2,12-21)13-23(3)18(24)14-4-8-16(9-5-14)22-27(25,26)17-10-6-15(20)7-11-17;/h4-11,22H,12-13,21H2,1-3H3;1H. The van der Waals surface area contributed by atoms with Crippen LogP contribution in [0.25, 0.3) is 0 Å². The normalized spacial score (nSPS) is 11.5. The molecule has 28 heavy (non-hydrogen) atoms. The van der Waals surface area contributed by atoms with Gasteiger partial charge in [-0.2, -0.15) is 0 Å². The number of hydrogen-bond donors (Lipinski definition) is 2. The van der Waals surface area contributed by atoms with Crippen molar-refractivity contribution < 1.29 is 17.6 Å². The number of amides is 1. The number of halogens is 2. The summed E-state index contributed by atoms with van der Waals surface area (Å²) in [6.07, 6.45) is 0. The Morgan fingerprint density at radius 2 is 1.64 bits per heavy atom. The summed E-state index contributed by atoms with van der Waals surface area (Å²) in [5, 5.41) is 0. The molecule has 6 nitrogen and oxygen atoms in total. The van der Waals surface area contributed by atoms with Gasteiger partial charge in [-0.1, -0.05) is 13.8 Å². The number of hydrogen-bond acceptors (Lipinski definition) is 4. The number of carbonyl (C=O) groups is 1. The molecule has 3 N–H and O–H groups in total. The Bertz CT molecular complexity index is 901. The molecule has 0 bridgehead atoms. The Labute approximate surface area is 171 Å². The molecule has 0 saturated carbocycles. The second-order valence-corrected chi connectivity index (χ2v) is 8.85. The van der Waals surface area contributed by atoms with Crippen LogP contribution in [0.2, 0.25) is 0 Å². The quantitative estimate of drug-likeness (QED) is 0.707. The third-order valence-electron chi connectivity index (χ3n) is 4.07. The van der Waals surface area contributed by atoms with E-state index in [0.29, 0.717) is 24.3 Å². The van der Waals surface area contributed by atoms with Crippen LogP contribution < -0.4 is 10.5 Å². The molecule has 2 rings (SSSR count). The highest BCUT2D eigenvalue weighted by molar-refractivity contribution is 7.92. The van der Waals surface area contributed by atoms with Crippen molar-refractivity contribution in [2.45, 2.75) is 18.7 Å². The Balaban J connectivity index is 0.00000392. The van der Waals surface area contributed by atoms with Gasteiger partial charge in [0.2, 0.25) is 0 Å². The summed E-state index contributed by atoms with van der Waals surface area (Å²) < 4.78 is 40.0. The fourth-order valence-corrected chi connectivity index (χ4v) is 3.57. The largest absolute Gasteiger partial charge is 0.341 e. The second-order valence-electron chi connectivity index (χ2n) is 7.17. The van der Waals surface area contributed by atoms with Gasteiger partial charge in [-0.25, -0.2) is 12.8 Å². The maximum absolute atomic E-state index is 13.0. The summed E-state index contributed by atoms with van der Waals surface area (Å²) in [5.74, 6) is -0.691. The van der Waals surface area contributed by atoms with E-state index >= 15 is 0 Å². The van der Waals surface area contributed by atoms with Crippen LogP contribution in [-0.4, -0.2) is 39.4 Å². The highest BCUT2D eigenvalue weighted by Crippen LogP contribution is 2.19. The van der Waals surface area contributed by atoms with Crippen LogP contribution in [0.1, 0.15) is 24.2 Å². The first kappa shape index (κ1) is 23.9. The zero-order valence-electron chi connectivity index (χ0n) is 16.0. The summed E-state index contributed by atoms with van der Waals surface area (Å²) in [6.45, 7) is 4.91. The highest BCUT2D eigenvalue weighted by atomic mass is 35.5. The molecule has 0 unspecified atom stereocenters. The minimum absolute atomic E-state index is 0. The van der Waals surface area contributed by atoms with Gasteiger partial charge < -0.3 is 10.6 Å². The number of carbonyl (C=O) groups excluding carboxylic acids is 1. The maximum Gasteiger partial charge on any atom is 0.261 e. The van der Waals surface area contributed by atoms with Gasteiger partial charge in [0.15, 0.2) is 0 Å². The monoisotopic (exact) mass is 429 g/mol. The molecule has 2 aromatic rings. The molecular weight excluding hydrogens is 405 g/mol. The van der Waals surface area contributed by atoms with Gasteiger partial charge in [0.05, 0.1) is 4.90 Å². The number of rotatable bonds is 7. The Hall–Kier alpha value is -2.16. The van der Waals surface area contributed by atoms with Crippen LogP contribution in [0.3, 0.4) is 0 Å². The molecule has 0 atom stereocenters. The lowest BCUT2D eigenvalue weighted by atomic mass is 9.93. The van der Waals surface area contributed by atoms with Gasteiger partial charge in [-0.05, 0) is 60.5 Å². The predicted molar refractivity (Wildman–Crippen MR) is 111 cm³/mol. The summed E-state index contributed by atoms with van der Waals surface area (Å²) in [6, 6.07) is 10.7. The lowest BCUT2D eigenvalue weighted by Gasteiger charge is -2.29. The van der Waals surface area contributed by atoms with Gasteiger partial charge in [0.1, 0.15) is 5.82 Å². The van der Waals surface area contributed by atoms with E-state index in [4.69, 9.17) is 5.73 Å². The predicted octanol–water partition coefficient (Wildman–Crippen LogP) is 3.11. The van der Waals surface area contributed by atoms with Crippen LogP contribution in [-0.2, 0) is 10.0 Å². The van der Waals surface area contributed by atoms with Gasteiger partial charge in [-0.15, -0.1) is 12.4 Å². The van der Waals surface area contributed by atoms with E-state index in [-0.39, 0.29) is 28.6 Å². The molecule has 9 heteroatoms. The average molecular weight is 430 g/mol. The Morgan fingerprint density at radius 3 is 2.14 bits per heavy atom. The minimum Gasteiger partial charge on any atom is -0.341 e. The first-order chi connectivity index (χ1) is 12.5. The molecule has 1 amide bonds. The van der Waals surface area contributed by atoms with Gasteiger partial charge >= 0.3 is 0 Å². The van der Waals surface area contributed by atoms with E-state index in [0.717, 1.165) is 12.1 Å². The molecule has 0 saturated heterocycles. The Kier molecular flexibility index (Phi) is 7.98. The number of benzene rings is 2. The van der Waals surface area contributed by atoms with Crippen LogP contribution in [0.15, 0.2) is 53.4 Å². The Morgan fingerprint density at radius 1 is 1.11 bits per heavy atom. The number of nitrogens with two attached hydrogens (primary N) is 1. The first-order valence-electron chi connectivity index (χ1n) is 8.38. The van der Waals surface area contributed by atoms with E-state index in [9.17, 15) is 17.6 Å². The summed E-state index contributed by atoms with van der Waals surface area (Å²) >= 11 is 0. The molecule has 0 radical (unpaired) electrons. The van der Waals surface area contributed by atoms with E-state index in [1.54, 1.807) is 24.1 Å². The topological polar surface area (TPSA) is 92.5 Å². The van der Waals surface area contributed by atoms with Gasteiger partial charge in [0.25, 0.3) is 15.9 Å². The van der Waals surface area contributed by atoms with Crippen LogP contribution in [0, 0.1) is 11.2 Å². The molecule has 0 aliphatic rings. The lowest BCUT2D eigenvalue weighted by molar-refractivity contribution is 0.0740.